The van der Waals surface area contributed by atoms with Crippen LogP contribution in [0.3, 0.4) is 0 Å². The number of rotatable bonds is 1. The van der Waals surface area contributed by atoms with Gasteiger partial charge < -0.3 is 9.51 Å². The fourth-order valence-corrected chi connectivity index (χ4v) is 2.65. The minimum atomic E-state index is -0.716. The number of hydrogen-bond donors (Lipinski definition) is 1. The van der Waals surface area contributed by atoms with Crippen LogP contribution >= 0.6 is 0 Å². The average Bonchev–Trinajstić information content (AvgIpc) is 2.74. The van der Waals surface area contributed by atoms with Gasteiger partial charge in [-0.3, -0.25) is 0 Å². The Morgan fingerprint density at radius 1 is 1.19 bits per heavy atom. The van der Waals surface area contributed by atoms with Gasteiger partial charge in [0.25, 0.3) is 0 Å². The molecular formula is C13H16N2O. The smallest absolute Gasteiger partial charge is 0.145 e. The first-order valence-corrected chi connectivity index (χ1v) is 5.95. The van der Waals surface area contributed by atoms with Crippen LogP contribution in [0.2, 0.25) is 0 Å². The molecule has 0 aromatic carbocycles. The largest absolute Gasteiger partial charge is 0.382 e. The molecule has 16 heavy (non-hydrogen) atoms. The molecule has 0 atom stereocenters. The molecule has 0 amide bonds. The SMILES string of the molecule is OC1(c2ncc3ccccn23)CCCCC1. The topological polar surface area (TPSA) is 37.5 Å². The molecule has 2 heterocycles. The first kappa shape index (κ1) is 9.85. The van der Waals surface area contributed by atoms with Crippen LogP contribution < -0.4 is 0 Å². The van der Waals surface area contributed by atoms with Crippen molar-refractivity contribution in [3.63, 3.8) is 0 Å². The van der Waals surface area contributed by atoms with E-state index in [1.54, 1.807) is 0 Å². The van der Waals surface area contributed by atoms with E-state index >= 15 is 0 Å². The number of aromatic nitrogens is 2. The number of fused-ring (bicyclic) bond motifs is 1. The van der Waals surface area contributed by atoms with Gasteiger partial charge in [0, 0.05) is 6.20 Å². The van der Waals surface area contributed by atoms with Crippen LogP contribution in [0.25, 0.3) is 5.52 Å². The fraction of sp³-hybridized carbons (Fsp3) is 0.462. The number of nitrogens with zero attached hydrogens (tertiary/aromatic N) is 2. The highest BCUT2D eigenvalue weighted by Crippen LogP contribution is 2.36. The lowest BCUT2D eigenvalue weighted by Crippen LogP contribution is -2.30. The van der Waals surface area contributed by atoms with Crippen molar-refractivity contribution in [2.45, 2.75) is 37.7 Å². The summed E-state index contributed by atoms with van der Waals surface area (Å²) in [6.07, 6.45) is 8.90. The zero-order chi connectivity index (χ0) is 11.0. The monoisotopic (exact) mass is 216 g/mol. The minimum absolute atomic E-state index is 0.716. The van der Waals surface area contributed by atoms with Crippen LogP contribution in [0.15, 0.2) is 30.6 Å². The molecule has 3 heteroatoms. The lowest BCUT2D eigenvalue weighted by Gasteiger charge is -2.30. The van der Waals surface area contributed by atoms with E-state index in [4.69, 9.17) is 0 Å². The van der Waals surface area contributed by atoms with Gasteiger partial charge in [-0.2, -0.15) is 0 Å². The van der Waals surface area contributed by atoms with Crippen LogP contribution in [0, 0.1) is 0 Å². The van der Waals surface area contributed by atoms with Crippen LogP contribution in [0.4, 0.5) is 0 Å². The summed E-state index contributed by atoms with van der Waals surface area (Å²) in [4.78, 5) is 4.40. The number of pyridine rings is 1. The molecule has 0 bridgehead atoms. The van der Waals surface area contributed by atoms with Gasteiger partial charge in [-0.1, -0.05) is 25.3 Å². The summed E-state index contributed by atoms with van der Waals surface area (Å²) in [7, 11) is 0. The molecule has 0 saturated heterocycles. The first-order chi connectivity index (χ1) is 7.80. The normalized spacial score (nSPS) is 20.1. The predicted molar refractivity (Wildman–Crippen MR) is 62.2 cm³/mol. The second kappa shape index (κ2) is 3.59. The molecule has 1 fully saturated rings. The van der Waals surface area contributed by atoms with Gasteiger partial charge in [-0.25, -0.2) is 4.98 Å². The summed E-state index contributed by atoms with van der Waals surface area (Å²) >= 11 is 0. The minimum Gasteiger partial charge on any atom is -0.382 e. The molecule has 0 spiro atoms. The fourth-order valence-electron chi connectivity index (χ4n) is 2.65. The Hall–Kier alpha value is -1.35. The van der Waals surface area contributed by atoms with Crippen LogP contribution in [0.5, 0.6) is 0 Å². The van der Waals surface area contributed by atoms with Crippen molar-refractivity contribution >= 4 is 5.52 Å². The summed E-state index contributed by atoms with van der Waals surface area (Å²) in [5.41, 5.74) is 0.336. The van der Waals surface area contributed by atoms with Gasteiger partial charge in [0.05, 0.1) is 11.7 Å². The summed E-state index contributed by atoms with van der Waals surface area (Å²) in [5, 5.41) is 10.6. The Morgan fingerprint density at radius 3 is 2.81 bits per heavy atom. The highest BCUT2D eigenvalue weighted by Gasteiger charge is 2.34. The first-order valence-electron chi connectivity index (χ1n) is 5.95. The van der Waals surface area contributed by atoms with E-state index < -0.39 is 5.60 Å². The van der Waals surface area contributed by atoms with Gasteiger partial charge in [-0.05, 0) is 25.0 Å². The predicted octanol–water partition coefficient (Wildman–Crippen LogP) is 2.49. The maximum absolute atomic E-state index is 10.6. The van der Waals surface area contributed by atoms with Gasteiger partial charge in [-0.15, -0.1) is 0 Å². The standard InChI is InChI=1S/C13H16N2O/c16-13(7-3-1-4-8-13)12-14-10-11-6-2-5-9-15(11)12/h2,5-6,9-10,16H,1,3-4,7-8H2. The molecule has 1 saturated carbocycles. The Bertz CT molecular complexity index is 497. The summed E-state index contributed by atoms with van der Waals surface area (Å²) in [5.74, 6) is 0.808. The number of imidazole rings is 1. The Kier molecular flexibility index (Phi) is 2.21. The molecule has 84 valence electrons. The van der Waals surface area contributed by atoms with Gasteiger partial charge in [0.15, 0.2) is 0 Å². The van der Waals surface area contributed by atoms with Gasteiger partial charge in [0.2, 0.25) is 0 Å². The molecule has 1 aliphatic rings. The van der Waals surface area contributed by atoms with Crippen LogP contribution in [-0.2, 0) is 5.60 Å². The van der Waals surface area contributed by atoms with E-state index in [0.29, 0.717) is 0 Å². The van der Waals surface area contributed by atoms with E-state index in [9.17, 15) is 5.11 Å². The number of hydrogen-bond acceptors (Lipinski definition) is 2. The molecule has 0 aliphatic heterocycles. The third-order valence-corrected chi connectivity index (χ3v) is 3.54. The molecule has 3 rings (SSSR count). The third-order valence-electron chi connectivity index (χ3n) is 3.54. The lowest BCUT2D eigenvalue weighted by molar-refractivity contribution is -0.00936. The Morgan fingerprint density at radius 2 is 2.00 bits per heavy atom. The van der Waals surface area contributed by atoms with E-state index in [-0.39, 0.29) is 0 Å². The van der Waals surface area contributed by atoms with E-state index in [0.717, 1.165) is 37.0 Å². The second-order valence-corrected chi connectivity index (χ2v) is 4.67. The van der Waals surface area contributed by atoms with Crippen LogP contribution in [-0.4, -0.2) is 14.5 Å². The molecule has 0 radical (unpaired) electrons. The Labute approximate surface area is 94.7 Å². The highest BCUT2D eigenvalue weighted by atomic mass is 16.3. The zero-order valence-electron chi connectivity index (χ0n) is 9.26. The van der Waals surface area contributed by atoms with Crippen molar-refractivity contribution in [3.8, 4) is 0 Å². The van der Waals surface area contributed by atoms with Crippen molar-refractivity contribution in [3.05, 3.63) is 36.4 Å². The van der Waals surface area contributed by atoms with Crippen LogP contribution in [0.1, 0.15) is 37.9 Å². The van der Waals surface area contributed by atoms with E-state index in [1.165, 1.54) is 6.42 Å². The van der Waals surface area contributed by atoms with Gasteiger partial charge >= 0.3 is 0 Å². The summed E-state index contributed by atoms with van der Waals surface area (Å²) < 4.78 is 2.01. The number of aliphatic hydroxyl groups is 1. The summed E-state index contributed by atoms with van der Waals surface area (Å²) in [6.45, 7) is 0. The average molecular weight is 216 g/mol. The summed E-state index contributed by atoms with van der Waals surface area (Å²) in [6, 6.07) is 5.98. The maximum atomic E-state index is 10.6. The molecule has 1 N–H and O–H groups in total. The van der Waals surface area contributed by atoms with Gasteiger partial charge in [0.1, 0.15) is 11.4 Å². The molecule has 0 unspecified atom stereocenters. The quantitative estimate of drug-likeness (QED) is 0.795. The lowest BCUT2D eigenvalue weighted by atomic mass is 9.84. The maximum Gasteiger partial charge on any atom is 0.145 e. The van der Waals surface area contributed by atoms with Crippen molar-refractivity contribution in [2.24, 2.45) is 0 Å². The molecule has 2 aromatic rings. The molecule has 1 aliphatic carbocycles. The van der Waals surface area contributed by atoms with E-state index in [2.05, 4.69) is 4.98 Å². The third kappa shape index (κ3) is 1.43. The second-order valence-electron chi connectivity index (χ2n) is 4.67. The molecular weight excluding hydrogens is 200 g/mol. The Balaban J connectivity index is 2.11. The molecule has 2 aromatic heterocycles. The van der Waals surface area contributed by atoms with Crippen molar-refractivity contribution in [1.29, 1.82) is 0 Å². The molecule has 3 nitrogen and oxygen atoms in total. The van der Waals surface area contributed by atoms with Crippen molar-refractivity contribution in [1.82, 2.24) is 9.38 Å². The highest BCUT2D eigenvalue weighted by molar-refractivity contribution is 5.46. The zero-order valence-corrected chi connectivity index (χ0v) is 9.26. The van der Waals surface area contributed by atoms with Crippen molar-refractivity contribution < 1.29 is 5.11 Å². The van der Waals surface area contributed by atoms with Crippen molar-refractivity contribution in [2.75, 3.05) is 0 Å². The van der Waals surface area contributed by atoms with E-state index in [1.807, 2.05) is 35.0 Å².